The van der Waals surface area contributed by atoms with Gasteiger partial charge in [-0.15, -0.1) is 13.2 Å². The molecule has 0 bridgehead atoms. The van der Waals surface area contributed by atoms with Gasteiger partial charge in [-0.1, -0.05) is 68.1 Å². The minimum absolute atomic E-state index is 0.162. The molecular weight excluding hydrogens is 520 g/mol. The Labute approximate surface area is 223 Å². The van der Waals surface area contributed by atoms with Crippen LogP contribution in [0.4, 0.5) is 30.4 Å². The highest BCUT2D eigenvalue weighted by molar-refractivity contribution is 6.50. The molecule has 0 unspecified atom stereocenters. The molecule has 3 aromatic rings. The van der Waals surface area contributed by atoms with Crippen LogP contribution in [-0.4, -0.2) is 13.6 Å². The first kappa shape index (κ1) is 27.6. The van der Waals surface area contributed by atoms with Crippen molar-refractivity contribution >= 4 is 7.25 Å². The van der Waals surface area contributed by atoms with Crippen LogP contribution in [0, 0.1) is 0 Å². The Morgan fingerprint density at radius 1 is 0.718 bits per heavy atom. The molecule has 3 aliphatic rings. The topological polar surface area (TPSA) is 9.23 Å². The van der Waals surface area contributed by atoms with Crippen LogP contribution in [0.2, 0.25) is 0 Å². The van der Waals surface area contributed by atoms with E-state index in [1.807, 2.05) is 12.1 Å². The minimum Gasteiger partial charge on any atom is -0.418 e. The molecular formula is C30H29BF7O-. The molecule has 1 nitrogen and oxygen atoms in total. The summed E-state index contributed by atoms with van der Waals surface area (Å²) in [6.45, 7) is 0. The van der Waals surface area contributed by atoms with Gasteiger partial charge in [0.05, 0.1) is 0 Å². The first-order valence-corrected chi connectivity index (χ1v) is 13.5. The zero-order valence-corrected chi connectivity index (χ0v) is 21.3. The Morgan fingerprint density at radius 2 is 1.28 bits per heavy atom. The molecule has 3 aromatic carbocycles. The summed E-state index contributed by atoms with van der Waals surface area (Å²) < 4.78 is 81.5. The molecule has 6 rings (SSSR count). The van der Waals surface area contributed by atoms with Gasteiger partial charge in [0.1, 0.15) is 5.75 Å². The summed E-state index contributed by atoms with van der Waals surface area (Å²) in [7, 11) is -6.00. The fourth-order valence-corrected chi connectivity index (χ4v) is 6.70. The monoisotopic (exact) mass is 549 g/mol. The van der Waals surface area contributed by atoms with Crippen molar-refractivity contribution in [1.82, 2.24) is 0 Å². The molecule has 9 heteroatoms. The molecule has 0 saturated heterocycles. The number of ether oxygens (including phenoxy) is 1. The first-order chi connectivity index (χ1) is 18.5. The fourth-order valence-electron chi connectivity index (χ4n) is 6.70. The molecule has 0 aromatic heterocycles. The van der Waals surface area contributed by atoms with Gasteiger partial charge in [0.2, 0.25) is 0 Å². The first-order valence-electron chi connectivity index (χ1n) is 13.5. The molecule has 208 valence electrons. The summed E-state index contributed by atoms with van der Waals surface area (Å²) >= 11 is 0. The number of halogens is 7. The number of hydrogen-bond donors (Lipinski definition) is 0. The highest BCUT2D eigenvalue weighted by atomic mass is 19.5. The third kappa shape index (κ3) is 6.44. The van der Waals surface area contributed by atoms with Gasteiger partial charge in [0.15, 0.2) is 0 Å². The second kappa shape index (κ2) is 10.9. The molecule has 2 fully saturated rings. The summed E-state index contributed by atoms with van der Waals surface area (Å²) in [6.07, 6.45) is 6.14. The number of hydrogen-bond acceptors (Lipinski definition) is 1. The summed E-state index contributed by atoms with van der Waals surface area (Å²) in [5, 5.41) is 0. The quantitative estimate of drug-likeness (QED) is 0.182. The van der Waals surface area contributed by atoms with Gasteiger partial charge >= 0.3 is 13.6 Å². The van der Waals surface area contributed by atoms with Crippen molar-refractivity contribution in [3.8, 4) is 28.0 Å². The van der Waals surface area contributed by atoms with E-state index in [2.05, 4.69) is 35.1 Å². The average molecular weight is 549 g/mol. The largest absolute Gasteiger partial charge is 0.673 e. The smallest absolute Gasteiger partial charge is 0.418 e. The van der Waals surface area contributed by atoms with Crippen LogP contribution in [0.3, 0.4) is 0 Å². The van der Waals surface area contributed by atoms with E-state index in [1.54, 1.807) is 0 Å². The second-order valence-electron chi connectivity index (χ2n) is 10.6. The summed E-state index contributed by atoms with van der Waals surface area (Å²) in [6, 6.07) is 17.7. The van der Waals surface area contributed by atoms with E-state index in [0.29, 0.717) is 11.8 Å². The van der Waals surface area contributed by atoms with Crippen LogP contribution in [0.1, 0.15) is 85.5 Å². The van der Waals surface area contributed by atoms with E-state index in [9.17, 15) is 30.4 Å². The van der Waals surface area contributed by atoms with E-state index < -0.39 is 13.6 Å². The van der Waals surface area contributed by atoms with Crippen molar-refractivity contribution < 1.29 is 35.2 Å². The lowest BCUT2D eigenvalue weighted by Gasteiger charge is -2.27. The molecule has 0 aliphatic heterocycles. The number of fused-ring (bicyclic) bond motifs is 3. The van der Waals surface area contributed by atoms with Crippen molar-refractivity contribution in [2.75, 3.05) is 0 Å². The molecule has 0 atom stereocenters. The van der Waals surface area contributed by atoms with Gasteiger partial charge in [0.25, 0.3) is 0 Å². The van der Waals surface area contributed by atoms with E-state index in [-0.39, 0.29) is 5.75 Å². The van der Waals surface area contributed by atoms with Crippen molar-refractivity contribution in [3.05, 3.63) is 76.9 Å². The summed E-state index contributed by atoms with van der Waals surface area (Å²) in [4.78, 5) is 0. The zero-order chi connectivity index (χ0) is 27.8. The highest BCUT2D eigenvalue weighted by Crippen LogP contribution is 2.52. The number of rotatable bonds is 4. The Hall–Kier alpha value is -2.97. The lowest BCUT2D eigenvalue weighted by molar-refractivity contribution is -0.274. The third-order valence-corrected chi connectivity index (χ3v) is 8.12. The predicted molar refractivity (Wildman–Crippen MR) is 139 cm³/mol. The van der Waals surface area contributed by atoms with Crippen LogP contribution in [0.5, 0.6) is 5.75 Å². The van der Waals surface area contributed by atoms with Gasteiger partial charge in [0, 0.05) is 0 Å². The maximum atomic E-state index is 12.8. The average Bonchev–Trinajstić information content (AvgIpc) is 3.62. The highest BCUT2D eigenvalue weighted by Gasteiger charge is 2.34. The lowest BCUT2D eigenvalue weighted by atomic mass is 9.77. The van der Waals surface area contributed by atoms with Gasteiger partial charge < -0.3 is 22.0 Å². The normalized spacial score (nSPS) is 17.5. The van der Waals surface area contributed by atoms with Gasteiger partial charge in [-0.3, -0.25) is 0 Å². The van der Waals surface area contributed by atoms with Crippen LogP contribution < -0.4 is 4.74 Å². The fraction of sp³-hybridized carbons (Fsp3) is 0.400. The Balaban J connectivity index is 0.000000567. The lowest BCUT2D eigenvalue weighted by Crippen LogP contribution is -2.17. The molecule has 39 heavy (non-hydrogen) atoms. The number of alkyl halides is 3. The zero-order valence-electron chi connectivity index (χ0n) is 21.3. The summed E-state index contributed by atoms with van der Waals surface area (Å²) in [5.74, 6) is 0.955. The Morgan fingerprint density at radius 3 is 1.87 bits per heavy atom. The van der Waals surface area contributed by atoms with Crippen molar-refractivity contribution in [1.29, 1.82) is 0 Å². The van der Waals surface area contributed by atoms with Crippen LogP contribution in [0.25, 0.3) is 22.3 Å². The molecule has 0 spiro atoms. The maximum absolute atomic E-state index is 12.8. The summed E-state index contributed by atoms with van der Waals surface area (Å²) in [5.41, 5.74) is 10.6. The third-order valence-electron chi connectivity index (χ3n) is 8.12. The maximum Gasteiger partial charge on any atom is 0.673 e. The predicted octanol–water partition coefficient (Wildman–Crippen LogP) is 10.4. The van der Waals surface area contributed by atoms with E-state index >= 15 is 0 Å². The van der Waals surface area contributed by atoms with Gasteiger partial charge in [-0.05, 0) is 101 Å². The molecule has 0 amide bonds. The van der Waals surface area contributed by atoms with E-state index in [0.717, 1.165) is 12.0 Å². The molecule has 0 radical (unpaired) electrons. The van der Waals surface area contributed by atoms with Crippen molar-refractivity contribution in [3.63, 3.8) is 0 Å². The van der Waals surface area contributed by atoms with E-state index in [4.69, 9.17) is 0 Å². The molecule has 0 N–H and O–H groups in total. The van der Waals surface area contributed by atoms with E-state index in [1.165, 1.54) is 102 Å². The second-order valence-corrected chi connectivity index (χ2v) is 10.6. The Kier molecular flexibility index (Phi) is 7.71. The number of benzene rings is 3. The molecule has 3 aliphatic carbocycles. The minimum atomic E-state index is -6.00. The van der Waals surface area contributed by atoms with Gasteiger partial charge in [-0.2, -0.15) is 0 Å². The van der Waals surface area contributed by atoms with Gasteiger partial charge in [-0.25, -0.2) is 0 Å². The standard InChI is InChI=1S/C30H29F3O.BF4/c31-30(32,33)34-23-15-13-21(14-16-23)29-27-17-22-11-5-6-12-24(22)26(27)18-25(19-7-1-2-8-19)28(29)20-9-3-4-10-20;2-1(3,4)5/h5-6,11-16,18-20H,1-4,7-10,17H2;/q;-1. The Bertz CT molecular complexity index is 1300. The van der Waals surface area contributed by atoms with Crippen LogP contribution in [-0.2, 0) is 6.42 Å². The van der Waals surface area contributed by atoms with Crippen LogP contribution >= 0.6 is 0 Å². The van der Waals surface area contributed by atoms with Crippen molar-refractivity contribution in [2.45, 2.75) is 76.0 Å². The van der Waals surface area contributed by atoms with Crippen molar-refractivity contribution in [2.24, 2.45) is 0 Å². The van der Waals surface area contributed by atoms with Crippen LogP contribution in [0.15, 0.2) is 54.6 Å². The molecule has 0 heterocycles. The molecule has 2 saturated carbocycles. The SMILES string of the molecule is FC(F)(F)Oc1ccc(-c2c3c(cc(C4CCCC4)c2C2CCCC2)-c2ccccc2C3)cc1.F[B-](F)(F)F.